The molecule has 2 aromatic heterocycles. The molecule has 0 amide bonds. The molecule has 0 saturated carbocycles. The second kappa shape index (κ2) is 16.4. The average Bonchev–Trinajstić information content (AvgIpc) is 3.29. The zero-order valence-electron chi connectivity index (χ0n) is 34.0. The van der Waals surface area contributed by atoms with E-state index in [1.807, 2.05) is 48.5 Å². The third-order valence-corrected chi connectivity index (χ3v) is 16.9. The van der Waals surface area contributed by atoms with Crippen LogP contribution in [-0.2, 0) is 13.1 Å². The van der Waals surface area contributed by atoms with Gasteiger partial charge in [-0.15, -0.1) is 13.2 Å². The number of nitrogens with zero attached hydrogens (tertiary/aromatic N) is 4. The first kappa shape index (κ1) is 41.9. The molecule has 6 fully saturated rings. The minimum absolute atomic E-state index is 0.156. The maximum Gasteiger partial charge on any atom is 0.131 e. The van der Waals surface area contributed by atoms with Gasteiger partial charge in [-0.1, -0.05) is 58.6 Å². The molecule has 4 bridgehead atoms. The van der Waals surface area contributed by atoms with Gasteiger partial charge >= 0.3 is 0 Å². The molecular weight excluding hydrogens is 838 g/mol. The number of piperidine rings is 6. The lowest BCUT2D eigenvalue weighted by molar-refractivity contribution is -0.985. The first-order chi connectivity index (χ1) is 28.9. The van der Waals surface area contributed by atoms with Crippen LogP contribution in [0.3, 0.4) is 0 Å². The van der Waals surface area contributed by atoms with E-state index in [2.05, 4.69) is 35.3 Å². The molecule has 0 aliphatic carbocycles. The number of quaternary nitrogens is 2. The zero-order chi connectivity index (χ0) is 42.1. The van der Waals surface area contributed by atoms with E-state index in [-0.39, 0.29) is 23.9 Å². The summed E-state index contributed by atoms with van der Waals surface area (Å²) in [6.07, 6.45) is 9.70. The molecule has 3 aromatic carbocycles. The fourth-order valence-electron chi connectivity index (χ4n) is 11.9. The van der Waals surface area contributed by atoms with Crippen molar-refractivity contribution >= 4 is 68.2 Å². The molecule has 6 aliphatic rings. The Labute approximate surface area is 372 Å². The number of fused-ring (bicyclic) bond motifs is 8. The highest BCUT2D eigenvalue weighted by Gasteiger charge is 2.56. The molecule has 6 aliphatic heterocycles. The average molecular weight is 891 g/mol. The highest BCUT2D eigenvalue weighted by molar-refractivity contribution is 6.48. The fraction of sp³-hybridized carbons (Fsp3) is 0.417. The Bertz CT molecular complexity index is 2300. The normalized spacial score (nSPS) is 29.4. The van der Waals surface area contributed by atoms with Crippen molar-refractivity contribution in [3.8, 4) is 11.5 Å². The molecule has 12 heteroatoms. The fourth-order valence-corrected chi connectivity index (χ4v) is 13.0. The Kier molecular flexibility index (Phi) is 11.4. The van der Waals surface area contributed by atoms with Crippen LogP contribution < -0.4 is 9.47 Å². The predicted octanol–water partition coefficient (Wildman–Crippen LogP) is 10.7. The smallest absolute Gasteiger partial charge is 0.131 e. The number of benzene rings is 3. The van der Waals surface area contributed by atoms with Crippen LogP contribution in [0.5, 0.6) is 11.5 Å². The Morgan fingerprint density at radius 2 is 1.07 bits per heavy atom. The van der Waals surface area contributed by atoms with E-state index >= 15 is 0 Å². The predicted molar refractivity (Wildman–Crippen MR) is 241 cm³/mol. The van der Waals surface area contributed by atoms with Gasteiger partial charge in [0.2, 0.25) is 0 Å². The number of halogens is 4. The van der Waals surface area contributed by atoms with Crippen molar-refractivity contribution < 1.29 is 28.7 Å². The van der Waals surface area contributed by atoms with Crippen molar-refractivity contribution in [2.24, 2.45) is 23.7 Å². The Balaban J connectivity index is 1.09. The largest absolute Gasteiger partial charge is 0.497 e. The van der Waals surface area contributed by atoms with E-state index in [0.717, 1.165) is 84.8 Å². The number of aliphatic hydroxyl groups is 2. The molecule has 314 valence electrons. The number of ether oxygens (including phenoxy) is 2. The van der Waals surface area contributed by atoms with E-state index < -0.39 is 12.2 Å². The minimum atomic E-state index is -0.795. The summed E-state index contributed by atoms with van der Waals surface area (Å²) in [6, 6.07) is 15.1. The van der Waals surface area contributed by atoms with Gasteiger partial charge < -0.3 is 28.7 Å². The molecule has 10 atom stereocenters. The van der Waals surface area contributed by atoms with Crippen LogP contribution in [0.15, 0.2) is 86.2 Å². The molecule has 11 rings (SSSR count). The van der Waals surface area contributed by atoms with Gasteiger partial charge in [0.1, 0.15) is 48.9 Å². The second-order valence-electron chi connectivity index (χ2n) is 17.7. The Hall–Kier alpha value is -3.44. The molecule has 0 radical (unpaired) electrons. The quantitative estimate of drug-likeness (QED) is 0.0738. The summed E-state index contributed by atoms with van der Waals surface area (Å²) in [4.78, 5) is 9.18. The van der Waals surface area contributed by atoms with Crippen molar-refractivity contribution in [1.29, 1.82) is 0 Å². The first-order valence-corrected chi connectivity index (χ1v) is 22.5. The van der Waals surface area contributed by atoms with Crippen LogP contribution in [0.25, 0.3) is 21.8 Å². The van der Waals surface area contributed by atoms with E-state index in [1.54, 1.807) is 26.6 Å². The standard InChI is InChI=1S/C48H52Cl4N4O4/c1-5-27-23-55(17-13-29(27)19-41(55)47(57)33-11-15-53-39-9-7-31(59-3)21-35(33)39)25-37-43(49)45(51)38(46(52)44(37)50)26-56-18-14-30(28(6-2)24-56)20-42(56)48(58)34-12-16-54-40-10-8-32(60-4)22-36(34)40/h5-12,15-16,21-22,27-30,41-42,47-48,57-58H,1-2,13-14,17-20,23-26H2,3-4H3/q+2/t27-,28-,29-,30-,41-,42-,47+,48+,55-,56-/m0/s1. The Morgan fingerprint density at radius 1 is 0.667 bits per heavy atom. The van der Waals surface area contributed by atoms with Crippen LogP contribution in [0, 0.1) is 23.7 Å². The highest BCUT2D eigenvalue weighted by atomic mass is 35.5. The van der Waals surface area contributed by atoms with Gasteiger partial charge in [-0.05, 0) is 71.5 Å². The van der Waals surface area contributed by atoms with Gasteiger partial charge in [0, 0.05) is 71.8 Å². The number of hydrogen-bond donors (Lipinski definition) is 2. The van der Waals surface area contributed by atoms with Crippen molar-refractivity contribution in [3.05, 3.63) is 129 Å². The van der Waals surface area contributed by atoms with Gasteiger partial charge in [0.15, 0.2) is 0 Å². The summed E-state index contributed by atoms with van der Waals surface area (Å²) in [5.74, 6) is 2.78. The summed E-state index contributed by atoms with van der Waals surface area (Å²) in [5.41, 5.74) is 4.61. The first-order valence-electron chi connectivity index (χ1n) is 21.0. The van der Waals surface area contributed by atoms with E-state index in [1.165, 1.54) is 0 Å². The topological polar surface area (TPSA) is 84.7 Å². The lowest BCUT2D eigenvalue weighted by Gasteiger charge is -2.58. The van der Waals surface area contributed by atoms with Crippen molar-refractivity contribution in [2.75, 3.05) is 40.4 Å². The van der Waals surface area contributed by atoms with Gasteiger partial charge in [0.25, 0.3) is 0 Å². The summed E-state index contributed by atoms with van der Waals surface area (Å²) >= 11 is 29.7. The van der Waals surface area contributed by atoms with Gasteiger partial charge in [-0.25, -0.2) is 0 Å². The summed E-state index contributed by atoms with van der Waals surface area (Å²) < 4.78 is 12.3. The second-order valence-corrected chi connectivity index (χ2v) is 19.2. The van der Waals surface area contributed by atoms with Crippen LogP contribution in [-0.4, -0.2) is 81.6 Å². The van der Waals surface area contributed by atoms with Crippen LogP contribution in [0.4, 0.5) is 0 Å². The maximum absolute atomic E-state index is 12.5. The van der Waals surface area contributed by atoms with Crippen molar-refractivity contribution in [1.82, 2.24) is 9.97 Å². The molecule has 60 heavy (non-hydrogen) atoms. The SMILES string of the molecule is C=C[C@H]1C[N@+]2(Cc3c(Cl)c(Cl)c(C[N@@+]45CC[C@@H](C[C@H]4[C@H](O)c4ccnc6ccc(OC)cc46)[C@@H](C=C)C5)c(Cl)c3Cl)CC[C@H]1C[C@H]2[C@H](O)c1ccnc2ccc(OC)cc12. The van der Waals surface area contributed by atoms with Crippen LogP contribution >= 0.6 is 46.4 Å². The van der Waals surface area contributed by atoms with E-state index in [9.17, 15) is 10.2 Å². The monoisotopic (exact) mass is 888 g/mol. The number of rotatable bonds is 12. The lowest BCUT2D eigenvalue weighted by Crippen LogP contribution is -2.67. The van der Waals surface area contributed by atoms with Crippen LogP contribution in [0.1, 0.15) is 60.1 Å². The van der Waals surface area contributed by atoms with Crippen molar-refractivity contribution in [3.63, 3.8) is 0 Å². The maximum atomic E-state index is 12.5. The molecule has 6 saturated heterocycles. The van der Waals surface area contributed by atoms with Crippen LogP contribution in [0.2, 0.25) is 20.1 Å². The Morgan fingerprint density at radius 3 is 1.43 bits per heavy atom. The summed E-state index contributed by atoms with van der Waals surface area (Å²) in [7, 11) is 3.29. The van der Waals surface area contributed by atoms with Gasteiger partial charge in [-0.3, -0.25) is 9.97 Å². The molecule has 5 aromatic rings. The number of hydrogen-bond acceptors (Lipinski definition) is 6. The lowest BCUT2D eigenvalue weighted by atomic mass is 9.71. The minimum Gasteiger partial charge on any atom is -0.497 e. The molecule has 8 heterocycles. The number of pyridine rings is 2. The molecule has 0 unspecified atom stereocenters. The number of aliphatic hydroxyl groups excluding tert-OH is 2. The molecule has 2 N–H and O–H groups in total. The van der Waals surface area contributed by atoms with Gasteiger partial charge in [-0.2, -0.15) is 0 Å². The third-order valence-electron chi connectivity index (χ3n) is 15.1. The summed E-state index contributed by atoms with van der Waals surface area (Å²) in [5, 5.41) is 28.2. The molecule has 0 spiro atoms. The molecular formula is C48H52Cl4N4O4+2. The summed E-state index contributed by atoms with van der Waals surface area (Å²) in [6.45, 7) is 12.6. The van der Waals surface area contributed by atoms with Gasteiger partial charge in [0.05, 0.1) is 71.5 Å². The zero-order valence-corrected chi connectivity index (χ0v) is 37.1. The van der Waals surface area contributed by atoms with Crippen molar-refractivity contribution in [2.45, 2.75) is 63.1 Å². The number of aromatic nitrogens is 2. The highest BCUT2D eigenvalue weighted by Crippen LogP contribution is 2.53. The third kappa shape index (κ3) is 6.90. The van der Waals surface area contributed by atoms with E-state index in [4.69, 9.17) is 55.9 Å². The number of methoxy groups -OCH3 is 2. The molecule has 8 nitrogen and oxygen atoms in total. The van der Waals surface area contributed by atoms with E-state index in [0.29, 0.717) is 76.6 Å².